The monoisotopic (exact) mass is 268 g/mol. The Balaban J connectivity index is 1.71. The minimum Gasteiger partial charge on any atom is -0.326 e. The molecule has 2 aromatic rings. The minimum absolute atomic E-state index is 0.539. The van der Waals surface area contributed by atoms with Gasteiger partial charge in [0.2, 0.25) is 5.95 Å². The van der Waals surface area contributed by atoms with Crippen LogP contribution < -0.4 is 11.1 Å². The van der Waals surface area contributed by atoms with Crippen molar-refractivity contribution in [1.29, 1.82) is 0 Å². The van der Waals surface area contributed by atoms with Crippen LogP contribution in [0.1, 0.15) is 42.7 Å². The minimum atomic E-state index is 0.539. The van der Waals surface area contributed by atoms with Gasteiger partial charge >= 0.3 is 0 Å². The zero-order chi connectivity index (χ0) is 13.8. The van der Waals surface area contributed by atoms with Gasteiger partial charge in [0, 0.05) is 24.6 Å². The first-order chi connectivity index (χ1) is 9.85. The van der Waals surface area contributed by atoms with Crippen molar-refractivity contribution < 1.29 is 0 Å². The van der Waals surface area contributed by atoms with Crippen molar-refractivity contribution >= 4 is 11.6 Å². The molecule has 1 aromatic heterocycles. The lowest BCUT2D eigenvalue weighted by Gasteiger charge is -2.10. The number of hydrogen-bond acceptors (Lipinski definition) is 4. The van der Waals surface area contributed by atoms with Gasteiger partial charge in [0.05, 0.1) is 0 Å². The molecule has 0 atom stereocenters. The highest BCUT2D eigenvalue weighted by Crippen LogP contribution is 2.33. The van der Waals surface area contributed by atoms with Crippen molar-refractivity contribution in [2.75, 3.05) is 5.32 Å². The lowest BCUT2D eigenvalue weighted by atomic mass is 10.0. The van der Waals surface area contributed by atoms with E-state index in [0.29, 0.717) is 18.4 Å². The van der Waals surface area contributed by atoms with Gasteiger partial charge in [-0.2, -0.15) is 0 Å². The summed E-state index contributed by atoms with van der Waals surface area (Å²) in [6, 6.07) is 8.01. The summed E-state index contributed by atoms with van der Waals surface area (Å²) in [5.74, 6) is 1.30. The summed E-state index contributed by atoms with van der Waals surface area (Å²) in [5, 5.41) is 3.22. The number of nitrogens with one attached hydrogen (secondary N) is 1. The molecule has 0 amide bonds. The second-order valence-electron chi connectivity index (χ2n) is 5.35. The average molecular weight is 268 g/mol. The molecule has 0 spiro atoms. The fourth-order valence-corrected chi connectivity index (χ4v) is 2.78. The molecule has 0 unspecified atom stereocenters. The lowest BCUT2D eigenvalue weighted by molar-refractivity contribution is 0.714. The predicted molar refractivity (Wildman–Crippen MR) is 80.9 cm³/mol. The zero-order valence-corrected chi connectivity index (χ0v) is 11.5. The summed E-state index contributed by atoms with van der Waals surface area (Å²) >= 11 is 0. The first-order valence-corrected chi connectivity index (χ1v) is 7.23. The van der Waals surface area contributed by atoms with Crippen molar-refractivity contribution in [3.8, 4) is 0 Å². The Kier molecular flexibility index (Phi) is 3.92. The number of nitrogens with zero attached hydrogens (tertiary/aromatic N) is 2. The Bertz CT molecular complexity index is 559. The molecule has 4 heteroatoms. The van der Waals surface area contributed by atoms with Crippen LogP contribution in [0.4, 0.5) is 11.6 Å². The van der Waals surface area contributed by atoms with Crippen molar-refractivity contribution in [1.82, 2.24) is 9.97 Å². The largest absolute Gasteiger partial charge is 0.326 e. The lowest BCUT2D eigenvalue weighted by Crippen LogP contribution is -2.01. The molecular weight excluding hydrogens is 248 g/mol. The summed E-state index contributed by atoms with van der Waals surface area (Å²) in [5.41, 5.74) is 8.98. The molecule has 20 heavy (non-hydrogen) atoms. The van der Waals surface area contributed by atoms with Crippen LogP contribution in [0.5, 0.6) is 0 Å². The summed E-state index contributed by atoms with van der Waals surface area (Å²) in [4.78, 5) is 8.84. The molecule has 0 aliphatic heterocycles. The molecule has 4 nitrogen and oxygen atoms in total. The summed E-state index contributed by atoms with van der Waals surface area (Å²) in [7, 11) is 0. The molecule has 3 N–H and O–H groups in total. The summed E-state index contributed by atoms with van der Waals surface area (Å²) in [6.45, 7) is 0.539. The van der Waals surface area contributed by atoms with Crippen molar-refractivity contribution in [2.45, 2.75) is 38.1 Å². The smallest absolute Gasteiger partial charge is 0.227 e. The Hall–Kier alpha value is -1.94. The first-order valence-electron chi connectivity index (χ1n) is 7.23. The second kappa shape index (κ2) is 6.01. The Morgan fingerprint density at radius 1 is 1.15 bits per heavy atom. The topological polar surface area (TPSA) is 63.8 Å². The fourth-order valence-electron chi connectivity index (χ4n) is 2.78. The van der Waals surface area contributed by atoms with Gasteiger partial charge in [-0.25, -0.2) is 9.97 Å². The number of aromatic nitrogens is 2. The van der Waals surface area contributed by atoms with Crippen LogP contribution in [-0.4, -0.2) is 9.97 Å². The second-order valence-corrected chi connectivity index (χ2v) is 5.35. The third-order valence-corrected chi connectivity index (χ3v) is 3.92. The van der Waals surface area contributed by atoms with Gasteiger partial charge in [0.1, 0.15) is 0 Å². The van der Waals surface area contributed by atoms with Crippen LogP contribution >= 0.6 is 0 Å². The van der Waals surface area contributed by atoms with Crippen LogP contribution in [0.15, 0.2) is 36.7 Å². The molecule has 1 aliphatic carbocycles. The van der Waals surface area contributed by atoms with Gasteiger partial charge in [-0.3, -0.25) is 0 Å². The molecule has 0 bridgehead atoms. The van der Waals surface area contributed by atoms with Gasteiger partial charge in [-0.1, -0.05) is 25.0 Å². The number of anilines is 2. The number of rotatable bonds is 4. The standard InChI is InChI=1S/C16H20N4/c17-9-12-4-3-7-15(8-12)20-16-18-10-14(11-19-16)13-5-1-2-6-13/h3-4,7-8,10-11,13H,1-2,5-6,9,17H2,(H,18,19,20). The van der Waals surface area contributed by atoms with Gasteiger partial charge in [-0.15, -0.1) is 0 Å². The van der Waals surface area contributed by atoms with Gasteiger partial charge in [0.25, 0.3) is 0 Å². The van der Waals surface area contributed by atoms with E-state index in [-0.39, 0.29) is 0 Å². The average Bonchev–Trinajstić information content (AvgIpc) is 3.02. The molecule has 1 aliphatic rings. The van der Waals surface area contributed by atoms with E-state index in [1.165, 1.54) is 31.2 Å². The maximum Gasteiger partial charge on any atom is 0.227 e. The van der Waals surface area contributed by atoms with Gasteiger partial charge in [-0.05, 0) is 42.0 Å². The molecule has 1 aromatic carbocycles. The van der Waals surface area contributed by atoms with Crippen molar-refractivity contribution in [2.24, 2.45) is 5.73 Å². The molecule has 1 saturated carbocycles. The zero-order valence-electron chi connectivity index (χ0n) is 11.5. The van der Waals surface area contributed by atoms with Crippen LogP contribution in [0.2, 0.25) is 0 Å². The molecule has 0 saturated heterocycles. The van der Waals surface area contributed by atoms with E-state index in [0.717, 1.165) is 11.3 Å². The molecule has 1 heterocycles. The highest BCUT2D eigenvalue weighted by molar-refractivity contribution is 5.54. The molecule has 0 radical (unpaired) electrons. The summed E-state index contributed by atoms with van der Waals surface area (Å²) < 4.78 is 0. The van der Waals surface area contributed by atoms with Gasteiger partial charge < -0.3 is 11.1 Å². The fraction of sp³-hybridized carbons (Fsp3) is 0.375. The third kappa shape index (κ3) is 2.96. The molecular formula is C16H20N4. The van der Waals surface area contributed by atoms with Crippen LogP contribution in [0, 0.1) is 0 Å². The highest BCUT2D eigenvalue weighted by Gasteiger charge is 2.17. The van der Waals surface area contributed by atoms with Crippen LogP contribution in [0.25, 0.3) is 0 Å². The van der Waals surface area contributed by atoms with Crippen LogP contribution in [0.3, 0.4) is 0 Å². The van der Waals surface area contributed by atoms with E-state index in [1.54, 1.807) is 0 Å². The van der Waals surface area contributed by atoms with E-state index in [2.05, 4.69) is 15.3 Å². The Morgan fingerprint density at radius 3 is 2.60 bits per heavy atom. The van der Waals surface area contributed by atoms with Crippen molar-refractivity contribution in [3.63, 3.8) is 0 Å². The first kappa shape index (κ1) is 13.1. The normalized spacial score (nSPS) is 15.4. The van der Waals surface area contributed by atoms with E-state index in [9.17, 15) is 0 Å². The third-order valence-electron chi connectivity index (χ3n) is 3.92. The Morgan fingerprint density at radius 2 is 1.90 bits per heavy atom. The maximum atomic E-state index is 5.64. The van der Waals surface area contributed by atoms with Gasteiger partial charge in [0.15, 0.2) is 0 Å². The Labute approximate surface area is 119 Å². The number of benzene rings is 1. The number of nitrogens with two attached hydrogens (primary N) is 1. The predicted octanol–water partition coefficient (Wildman–Crippen LogP) is 3.34. The van der Waals surface area contributed by atoms with Crippen LogP contribution in [-0.2, 0) is 6.54 Å². The SMILES string of the molecule is NCc1cccc(Nc2ncc(C3CCCC3)cn2)c1. The van der Waals surface area contributed by atoms with E-state index in [4.69, 9.17) is 5.73 Å². The van der Waals surface area contributed by atoms with Crippen molar-refractivity contribution in [3.05, 3.63) is 47.8 Å². The highest BCUT2D eigenvalue weighted by atomic mass is 15.1. The number of hydrogen-bond donors (Lipinski definition) is 2. The molecule has 104 valence electrons. The molecule has 3 rings (SSSR count). The maximum absolute atomic E-state index is 5.64. The van der Waals surface area contributed by atoms with E-state index < -0.39 is 0 Å². The van der Waals surface area contributed by atoms with E-state index >= 15 is 0 Å². The van der Waals surface area contributed by atoms with E-state index in [1.807, 2.05) is 36.7 Å². The quantitative estimate of drug-likeness (QED) is 0.892. The molecule has 1 fully saturated rings. The summed E-state index contributed by atoms with van der Waals surface area (Å²) in [6.07, 6.45) is 9.12.